The molecule has 1 unspecified atom stereocenters. The Labute approximate surface area is 111 Å². The molecule has 1 atom stereocenters. The fourth-order valence-electron chi connectivity index (χ4n) is 2.41. The Hall–Kier alpha value is -1.05. The summed E-state index contributed by atoms with van der Waals surface area (Å²) in [5.74, 6) is 0. The van der Waals surface area contributed by atoms with E-state index >= 15 is 0 Å². The van der Waals surface area contributed by atoms with E-state index in [0.29, 0.717) is 11.6 Å². The highest BCUT2D eigenvalue weighted by molar-refractivity contribution is 9.10. The SMILES string of the molecule is CNCC1CCCN1c1ccc(C#N)cc1Br. The molecule has 90 valence electrons. The number of rotatable bonds is 3. The second-order valence-corrected chi connectivity index (χ2v) is 5.18. The summed E-state index contributed by atoms with van der Waals surface area (Å²) in [6.07, 6.45) is 2.46. The minimum absolute atomic E-state index is 0.559. The van der Waals surface area contributed by atoms with Crippen molar-refractivity contribution in [3.8, 4) is 6.07 Å². The summed E-state index contributed by atoms with van der Waals surface area (Å²) in [7, 11) is 1.99. The Balaban J connectivity index is 2.24. The molecule has 17 heavy (non-hydrogen) atoms. The van der Waals surface area contributed by atoms with Crippen molar-refractivity contribution in [3.05, 3.63) is 28.2 Å². The standard InChI is InChI=1S/C13H16BrN3/c1-16-9-11-3-2-6-17(11)13-5-4-10(8-15)7-12(13)14/h4-5,7,11,16H,2-3,6,9H2,1H3. The van der Waals surface area contributed by atoms with E-state index in [4.69, 9.17) is 5.26 Å². The highest BCUT2D eigenvalue weighted by Gasteiger charge is 2.25. The van der Waals surface area contributed by atoms with E-state index < -0.39 is 0 Å². The molecule has 0 saturated carbocycles. The first-order valence-corrected chi connectivity index (χ1v) is 6.66. The molecule has 0 aromatic heterocycles. The Morgan fingerprint density at radius 2 is 2.41 bits per heavy atom. The maximum Gasteiger partial charge on any atom is 0.0992 e. The fraction of sp³-hybridized carbons (Fsp3) is 0.462. The molecule has 0 aliphatic carbocycles. The quantitative estimate of drug-likeness (QED) is 0.931. The number of hydrogen-bond acceptors (Lipinski definition) is 3. The van der Waals surface area contributed by atoms with E-state index in [9.17, 15) is 0 Å². The van der Waals surface area contributed by atoms with Crippen LogP contribution in [0.4, 0.5) is 5.69 Å². The Kier molecular flexibility index (Phi) is 4.03. The van der Waals surface area contributed by atoms with E-state index in [1.54, 1.807) is 0 Å². The van der Waals surface area contributed by atoms with Crippen molar-refractivity contribution < 1.29 is 0 Å². The fourth-order valence-corrected chi connectivity index (χ4v) is 3.02. The zero-order valence-electron chi connectivity index (χ0n) is 9.91. The first-order valence-electron chi connectivity index (χ1n) is 5.87. The Bertz CT molecular complexity index is 439. The zero-order valence-corrected chi connectivity index (χ0v) is 11.5. The third-order valence-corrected chi connectivity index (χ3v) is 3.84. The molecule has 0 spiro atoms. The summed E-state index contributed by atoms with van der Waals surface area (Å²) in [4.78, 5) is 2.42. The summed E-state index contributed by atoms with van der Waals surface area (Å²) in [5.41, 5.74) is 1.90. The average molecular weight is 294 g/mol. The minimum atomic E-state index is 0.559. The monoisotopic (exact) mass is 293 g/mol. The highest BCUT2D eigenvalue weighted by Crippen LogP contribution is 2.32. The number of benzene rings is 1. The second kappa shape index (κ2) is 5.52. The number of anilines is 1. The van der Waals surface area contributed by atoms with E-state index in [1.807, 2.05) is 25.2 Å². The molecular weight excluding hydrogens is 278 g/mol. The lowest BCUT2D eigenvalue weighted by Gasteiger charge is -2.27. The molecule has 0 amide bonds. The summed E-state index contributed by atoms with van der Waals surface area (Å²) >= 11 is 3.56. The van der Waals surface area contributed by atoms with Crippen molar-refractivity contribution >= 4 is 21.6 Å². The average Bonchev–Trinajstić information content (AvgIpc) is 2.77. The van der Waals surface area contributed by atoms with Gasteiger partial charge in [-0.1, -0.05) is 0 Å². The molecule has 0 radical (unpaired) electrons. The number of nitrogens with zero attached hydrogens (tertiary/aromatic N) is 2. The molecule has 1 aromatic rings. The van der Waals surface area contributed by atoms with Gasteiger partial charge in [0.1, 0.15) is 0 Å². The van der Waals surface area contributed by atoms with Gasteiger partial charge in [-0.15, -0.1) is 0 Å². The van der Waals surface area contributed by atoms with E-state index in [0.717, 1.165) is 17.6 Å². The van der Waals surface area contributed by atoms with Gasteiger partial charge in [0, 0.05) is 23.6 Å². The van der Waals surface area contributed by atoms with Crippen LogP contribution in [-0.4, -0.2) is 26.2 Å². The van der Waals surface area contributed by atoms with Crippen molar-refractivity contribution in [2.75, 3.05) is 25.0 Å². The summed E-state index contributed by atoms with van der Waals surface area (Å²) < 4.78 is 1.01. The molecule has 2 rings (SSSR count). The summed E-state index contributed by atoms with van der Waals surface area (Å²) in [6, 6.07) is 8.54. The maximum atomic E-state index is 8.86. The largest absolute Gasteiger partial charge is 0.366 e. The van der Waals surface area contributed by atoms with Crippen LogP contribution in [0, 0.1) is 11.3 Å². The van der Waals surface area contributed by atoms with Crippen LogP contribution in [0.15, 0.2) is 22.7 Å². The number of hydrogen-bond donors (Lipinski definition) is 1. The van der Waals surface area contributed by atoms with E-state index in [2.05, 4.69) is 32.2 Å². The predicted molar refractivity (Wildman–Crippen MR) is 73.2 cm³/mol. The zero-order chi connectivity index (χ0) is 12.3. The molecule has 1 aliphatic heterocycles. The van der Waals surface area contributed by atoms with Gasteiger partial charge in [0.2, 0.25) is 0 Å². The molecule has 1 aromatic carbocycles. The van der Waals surface area contributed by atoms with Gasteiger partial charge in [0.05, 0.1) is 17.3 Å². The molecule has 1 saturated heterocycles. The smallest absolute Gasteiger partial charge is 0.0992 e. The van der Waals surface area contributed by atoms with Gasteiger partial charge in [-0.25, -0.2) is 0 Å². The lowest BCUT2D eigenvalue weighted by atomic mass is 10.2. The molecule has 1 aliphatic rings. The van der Waals surface area contributed by atoms with Gasteiger partial charge in [-0.3, -0.25) is 0 Å². The molecule has 4 heteroatoms. The molecule has 3 nitrogen and oxygen atoms in total. The molecule has 1 N–H and O–H groups in total. The van der Waals surface area contributed by atoms with Crippen molar-refractivity contribution in [3.63, 3.8) is 0 Å². The van der Waals surface area contributed by atoms with Gasteiger partial charge in [-0.2, -0.15) is 5.26 Å². The molecule has 0 bridgehead atoms. The second-order valence-electron chi connectivity index (χ2n) is 4.33. The third kappa shape index (κ3) is 2.62. The predicted octanol–water partition coefficient (Wildman–Crippen LogP) is 2.51. The lowest BCUT2D eigenvalue weighted by Crippen LogP contribution is -2.36. The van der Waals surface area contributed by atoms with Crippen LogP contribution in [0.25, 0.3) is 0 Å². The molecule has 1 fully saturated rings. The summed E-state index contributed by atoms with van der Waals surface area (Å²) in [6.45, 7) is 2.10. The van der Waals surface area contributed by atoms with Crippen molar-refractivity contribution in [1.29, 1.82) is 5.26 Å². The van der Waals surface area contributed by atoms with Gasteiger partial charge in [0.15, 0.2) is 0 Å². The normalized spacial score (nSPS) is 19.4. The Morgan fingerprint density at radius 1 is 1.59 bits per heavy atom. The van der Waals surface area contributed by atoms with Crippen molar-refractivity contribution in [1.82, 2.24) is 5.32 Å². The van der Waals surface area contributed by atoms with Gasteiger partial charge < -0.3 is 10.2 Å². The Morgan fingerprint density at radius 3 is 3.06 bits per heavy atom. The number of likely N-dealkylation sites (N-methyl/N-ethyl adjacent to an activating group) is 1. The van der Waals surface area contributed by atoms with Crippen molar-refractivity contribution in [2.45, 2.75) is 18.9 Å². The molecular formula is C13H16BrN3. The number of halogens is 1. The van der Waals surface area contributed by atoms with Crippen LogP contribution < -0.4 is 10.2 Å². The van der Waals surface area contributed by atoms with Gasteiger partial charge in [-0.05, 0) is 54.0 Å². The van der Waals surface area contributed by atoms with Crippen molar-refractivity contribution in [2.24, 2.45) is 0 Å². The minimum Gasteiger partial charge on any atom is -0.366 e. The van der Waals surface area contributed by atoms with Crippen LogP contribution in [0.2, 0.25) is 0 Å². The van der Waals surface area contributed by atoms with Gasteiger partial charge in [0.25, 0.3) is 0 Å². The van der Waals surface area contributed by atoms with Gasteiger partial charge >= 0.3 is 0 Å². The topological polar surface area (TPSA) is 39.1 Å². The first-order chi connectivity index (χ1) is 8.26. The van der Waals surface area contributed by atoms with Crippen LogP contribution in [-0.2, 0) is 0 Å². The van der Waals surface area contributed by atoms with E-state index in [-0.39, 0.29) is 0 Å². The molecule has 1 heterocycles. The highest BCUT2D eigenvalue weighted by atomic mass is 79.9. The summed E-state index contributed by atoms with van der Waals surface area (Å²) in [5, 5.41) is 12.1. The van der Waals surface area contributed by atoms with Crippen LogP contribution in [0.3, 0.4) is 0 Å². The first kappa shape index (κ1) is 12.4. The van der Waals surface area contributed by atoms with Crippen LogP contribution in [0.5, 0.6) is 0 Å². The number of nitriles is 1. The third-order valence-electron chi connectivity index (χ3n) is 3.20. The van der Waals surface area contributed by atoms with Crippen LogP contribution >= 0.6 is 15.9 Å². The number of nitrogens with one attached hydrogen (secondary N) is 1. The lowest BCUT2D eigenvalue weighted by molar-refractivity contribution is 0.615. The van der Waals surface area contributed by atoms with E-state index in [1.165, 1.54) is 18.5 Å². The maximum absolute atomic E-state index is 8.86. The van der Waals surface area contributed by atoms with Crippen LogP contribution in [0.1, 0.15) is 18.4 Å².